The van der Waals surface area contributed by atoms with Crippen molar-refractivity contribution < 1.29 is 27.8 Å². The Bertz CT molecular complexity index is 258. The minimum atomic E-state index is -4.72. The van der Waals surface area contributed by atoms with Gasteiger partial charge in [-0.05, 0) is 0 Å². The van der Waals surface area contributed by atoms with Gasteiger partial charge in [-0.2, -0.15) is 13.2 Å². The number of ether oxygens (including phenoxy) is 1. The van der Waals surface area contributed by atoms with E-state index in [4.69, 9.17) is 5.11 Å². The van der Waals surface area contributed by atoms with Crippen LogP contribution in [0.1, 0.15) is 0 Å². The average molecular weight is 214 g/mol. The number of allylic oxidation sites excluding steroid dienone is 1. The summed E-state index contributed by atoms with van der Waals surface area (Å²) in [6, 6.07) is 0. The van der Waals surface area contributed by atoms with Gasteiger partial charge in [-0.25, -0.2) is 4.79 Å². The maximum absolute atomic E-state index is 12.1. The summed E-state index contributed by atoms with van der Waals surface area (Å²) in [4.78, 5) is 9.59. The molecule has 0 aromatic rings. The number of carboxylic acids is 1. The summed E-state index contributed by atoms with van der Waals surface area (Å²) in [5, 5.41) is 8.41. The maximum Gasteiger partial charge on any atom is 0.450 e. The lowest BCUT2D eigenvalue weighted by molar-refractivity contribution is -0.140. The second kappa shape index (κ2) is 3.49. The van der Waals surface area contributed by atoms with E-state index in [2.05, 4.69) is 4.74 Å². The Balaban J connectivity index is 3.04. The van der Waals surface area contributed by atoms with Crippen LogP contribution in [-0.2, 0) is 9.53 Å². The predicted molar refractivity (Wildman–Crippen MR) is 39.1 cm³/mol. The minimum absolute atomic E-state index is 0.115. The van der Waals surface area contributed by atoms with Crippen LogP contribution in [0.3, 0.4) is 0 Å². The van der Waals surface area contributed by atoms with Crippen LogP contribution in [0.4, 0.5) is 13.2 Å². The molecule has 0 spiro atoms. The third-order valence-electron chi connectivity index (χ3n) is 1.23. The normalized spacial score (nSPS) is 18.4. The molecule has 1 aliphatic heterocycles. The third-order valence-corrected chi connectivity index (χ3v) is 2.25. The summed E-state index contributed by atoms with van der Waals surface area (Å²) in [5.41, 5.74) is 0. The van der Waals surface area contributed by atoms with Crippen LogP contribution in [0.25, 0.3) is 0 Å². The van der Waals surface area contributed by atoms with E-state index < -0.39 is 22.8 Å². The van der Waals surface area contributed by atoms with Crippen molar-refractivity contribution in [3.05, 3.63) is 10.7 Å². The fourth-order valence-corrected chi connectivity index (χ4v) is 1.59. The molecule has 0 fully saturated rings. The molecule has 1 aliphatic rings. The fourth-order valence-electron chi connectivity index (χ4n) is 0.788. The van der Waals surface area contributed by atoms with Gasteiger partial charge in [-0.15, -0.1) is 11.8 Å². The maximum atomic E-state index is 12.1. The summed E-state index contributed by atoms with van der Waals surface area (Å²) in [7, 11) is 0. The molecule has 7 heteroatoms. The Morgan fingerprint density at radius 3 is 2.54 bits per heavy atom. The molecule has 0 aliphatic carbocycles. The molecule has 0 aromatic carbocycles. The first-order valence-corrected chi connectivity index (χ1v) is 4.22. The van der Waals surface area contributed by atoms with Gasteiger partial charge in [0.15, 0.2) is 0 Å². The molecule has 0 bridgehead atoms. The second-order valence-electron chi connectivity index (χ2n) is 2.16. The number of thioether (sulfide) groups is 1. The van der Waals surface area contributed by atoms with Gasteiger partial charge in [0.05, 0.1) is 6.61 Å². The van der Waals surface area contributed by atoms with Gasteiger partial charge in [0.1, 0.15) is 4.91 Å². The molecule has 0 saturated heterocycles. The van der Waals surface area contributed by atoms with Crippen LogP contribution in [0.15, 0.2) is 10.7 Å². The Hall–Kier alpha value is -0.850. The molecule has 0 aromatic heterocycles. The van der Waals surface area contributed by atoms with Crippen LogP contribution in [0.5, 0.6) is 0 Å². The van der Waals surface area contributed by atoms with Crippen LogP contribution in [0, 0.1) is 0 Å². The number of hydrogen-bond donors (Lipinski definition) is 1. The number of carboxylic acid groups (broad SMARTS) is 1. The molecule has 0 amide bonds. The van der Waals surface area contributed by atoms with Crippen LogP contribution in [-0.4, -0.2) is 29.6 Å². The molecule has 1 heterocycles. The van der Waals surface area contributed by atoms with Gasteiger partial charge < -0.3 is 9.84 Å². The number of halogens is 3. The lowest BCUT2D eigenvalue weighted by atomic mass is 10.4. The largest absolute Gasteiger partial charge is 0.487 e. The van der Waals surface area contributed by atoms with E-state index in [1.165, 1.54) is 0 Å². The molecular formula is C6H5F3O3S. The van der Waals surface area contributed by atoms with Crippen molar-refractivity contribution in [3.8, 4) is 0 Å². The van der Waals surface area contributed by atoms with Crippen molar-refractivity contribution >= 4 is 17.7 Å². The first-order valence-electron chi connectivity index (χ1n) is 3.23. The Morgan fingerprint density at radius 1 is 1.54 bits per heavy atom. The van der Waals surface area contributed by atoms with Crippen molar-refractivity contribution in [1.29, 1.82) is 0 Å². The van der Waals surface area contributed by atoms with Crippen molar-refractivity contribution in [3.63, 3.8) is 0 Å². The molecule has 3 nitrogen and oxygen atoms in total. The zero-order valence-electron chi connectivity index (χ0n) is 6.22. The zero-order chi connectivity index (χ0) is 10.1. The van der Waals surface area contributed by atoms with E-state index in [0.29, 0.717) is 11.8 Å². The lowest BCUT2D eigenvalue weighted by Crippen LogP contribution is -2.23. The number of alkyl halides is 3. The third kappa shape index (κ3) is 2.30. The number of hydrogen-bond acceptors (Lipinski definition) is 3. The first kappa shape index (κ1) is 10.2. The summed E-state index contributed by atoms with van der Waals surface area (Å²) in [6.45, 7) is -0.115. The zero-order valence-corrected chi connectivity index (χ0v) is 7.04. The van der Waals surface area contributed by atoms with E-state index in [0.717, 1.165) is 0 Å². The van der Waals surface area contributed by atoms with Gasteiger partial charge in [0.2, 0.25) is 5.76 Å². The van der Waals surface area contributed by atoms with E-state index in [1.807, 2.05) is 0 Å². The number of aliphatic carboxylic acids is 1. The van der Waals surface area contributed by atoms with Gasteiger partial charge >= 0.3 is 12.1 Å². The SMILES string of the molecule is O=C(O)C1=C(C(F)(F)F)OCCS1. The average Bonchev–Trinajstić information content (AvgIpc) is 2.03. The van der Waals surface area contributed by atoms with Crippen LogP contribution in [0.2, 0.25) is 0 Å². The predicted octanol–water partition coefficient (Wildman–Crippen LogP) is 1.61. The van der Waals surface area contributed by atoms with Gasteiger partial charge in [0, 0.05) is 5.75 Å². The Morgan fingerprint density at radius 2 is 2.15 bits per heavy atom. The Labute approximate surface area is 75.6 Å². The minimum Gasteiger partial charge on any atom is -0.487 e. The molecular weight excluding hydrogens is 209 g/mol. The van der Waals surface area contributed by atoms with Crippen LogP contribution < -0.4 is 0 Å². The van der Waals surface area contributed by atoms with Crippen molar-refractivity contribution in [2.45, 2.75) is 6.18 Å². The van der Waals surface area contributed by atoms with Crippen molar-refractivity contribution in [2.75, 3.05) is 12.4 Å². The molecule has 0 radical (unpaired) electrons. The number of carbonyl (C=O) groups is 1. The van der Waals surface area contributed by atoms with Gasteiger partial charge in [-0.1, -0.05) is 0 Å². The smallest absolute Gasteiger partial charge is 0.450 e. The molecule has 74 valence electrons. The lowest BCUT2D eigenvalue weighted by Gasteiger charge is -2.19. The summed E-state index contributed by atoms with van der Waals surface area (Å²) >= 11 is 0.641. The highest BCUT2D eigenvalue weighted by atomic mass is 32.2. The molecule has 1 rings (SSSR count). The van der Waals surface area contributed by atoms with E-state index in [-0.39, 0.29) is 12.4 Å². The topological polar surface area (TPSA) is 46.5 Å². The quantitative estimate of drug-likeness (QED) is 0.720. The van der Waals surface area contributed by atoms with Crippen molar-refractivity contribution in [2.24, 2.45) is 0 Å². The summed E-state index contributed by atoms with van der Waals surface area (Å²) < 4.78 is 40.5. The fraction of sp³-hybridized carbons (Fsp3) is 0.500. The van der Waals surface area contributed by atoms with Crippen molar-refractivity contribution in [1.82, 2.24) is 0 Å². The second-order valence-corrected chi connectivity index (χ2v) is 3.26. The highest BCUT2D eigenvalue weighted by Crippen LogP contribution is 2.36. The van der Waals surface area contributed by atoms with Gasteiger partial charge in [-0.3, -0.25) is 0 Å². The van der Waals surface area contributed by atoms with Gasteiger partial charge in [0.25, 0.3) is 0 Å². The highest BCUT2D eigenvalue weighted by molar-refractivity contribution is 8.04. The Kier molecular flexibility index (Phi) is 2.74. The standard InChI is InChI=1S/C6H5F3O3S/c7-6(8,9)4-3(5(10)11)13-2-1-12-4/h1-2H2,(H,10,11). The summed E-state index contributed by atoms with van der Waals surface area (Å²) in [5.74, 6) is -2.77. The van der Waals surface area contributed by atoms with E-state index in [9.17, 15) is 18.0 Å². The molecule has 13 heavy (non-hydrogen) atoms. The first-order chi connectivity index (χ1) is 5.93. The van der Waals surface area contributed by atoms with Crippen LogP contribution >= 0.6 is 11.8 Å². The van der Waals surface area contributed by atoms with E-state index in [1.54, 1.807) is 0 Å². The molecule has 0 unspecified atom stereocenters. The molecule has 1 N–H and O–H groups in total. The monoisotopic (exact) mass is 214 g/mol. The van der Waals surface area contributed by atoms with E-state index >= 15 is 0 Å². The molecule has 0 saturated carbocycles. The molecule has 0 atom stereocenters. The highest BCUT2D eigenvalue weighted by Gasteiger charge is 2.42. The summed E-state index contributed by atoms with van der Waals surface area (Å²) in [6.07, 6.45) is -4.72. The number of rotatable bonds is 1.